The summed E-state index contributed by atoms with van der Waals surface area (Å²) in [5, 5.41) is 5.00. The maximum absolute atomic E-state index is 12.7. The first-order valence-corrected chi connectivity index (χ1v) is 7.93. The maximum atomic E-state index is 12.7. The topological polar surface area (TPSA) is 34.6 Å². The molecule has 0 amide bonds. The molecule has 0 saturated heterocycles. The molecule has 0 unspecified atom stereocenters. The molecule has 0 saturated carbocycles. The second kappa shape index (κ2) is 3.95. The van der Waals surface area contributed by atoms with Gasteiger partial charge in [-0.25, -0.2) is 4.79 Å². The molecule has 6 rings (SSSR count). The summed E-state index contributed by atoms with van der Waals surface area (Å²) < 4.78 is 7.77. The lowest BCUT2D eigenvalue weighted by molar-refractivity contribution is 0.570. The fraction of sp³-hybridized carbons (Fsp3) is 0. The van der Waals surface area contributed by atoms with Crippen LogP contribution >= 0.6 is 0 Å². The van der Waals surface area contributed by atoms with Crippen LogP contribution in [0.15, 0.2) is 75.9 Å². The first-order chi connectivity index (χ1) is 11.8. The third-order valence-corrected chi connectivity index (χ3v) is 4.98. The van der Waals surface area contributed by atoms with Crippen LogP contribution in [0.3, 0.4) is 0 Å². The fourth-order valence-corrected chi connectivity index (χ4v) is 4.06. The van der Waals surface area contributed by atoms with Gasteiger partial charge in [0.25, 0.3) is 0 Å². The third-order valence-electron chi connectivity index (χ3n) is 4.98. The zero-order valence-corrected chi connectivity index (χ0v) is 12.6. The van der Waals surface area contributed by atoms with Gasteiger partial charge in [-0.1, -0.05) is 48.5 Å². The van der Waals surface area contributed by atoms with E-state index in [9.17, 15) is 4.79 Å². The minimum absolute atomic E-state index is 0.274. The Morgan fingerprint density at radius 2 is 1.38 bits per heavy atom. The second-order valence-corrected chi connectivity index (χ2v) is 6.16. The molecule has 0 aliphatic rings. The van der Waals surface area contributed by atoms with E-state index in [0.717, 1.165) is 27.3 Å². The predicted molar refractivity (Wildman–Crippen MR) is 97.1 cm³/mol. The molecule has 24 heavy (non-hydrogen) atoms. The molecule has 112 valence electrons. The first-order valence-electron chi connectivity index (χ1n) is 7.93. The summed E-state index contributed by atoms with van der Waals surface area (Å²) in [7, 11) is 0. The van der Waals surface area contributed by atoms with E-state index in [4.69, 9.17) is 4.42 Å². The van der Waals surface area contributed by atoms with E-state index in [1.54, 1.807) is 0 Å². The van der Waals surface area contributed by atoms with Gasteiger partial charge < -0.3 is 8.82 Å². The Morgan fingerprint density at radius 1 is 0.667 bits per heavy atom. The Labute approximate surface area is 135 Å². The summed E-state index contributed by atoms with van der Waals surface area (Å²) in [6, 6.07) is 22.2. The Morgan fingerprint density at radius 3 is 2.25 bits per heavy atom. The van der Waals surface area contributed by atoms with E-state index in [2.05, 4.69) is 28.7 Å². The molecule has 0 radical (unpaired) electrons. The second-order valence-electron chi connectivity index (χ2n) is 6.16. The van der Waals surface area contributed by atoms with Crippen molar-refractivity contribution in [1.29, 1.82) is 0 Å². The van der Waals surface area contributed by atoms with E-state index < -0.39 is 0 Å². The molecule has 0 atom stereocenters. The predicted octanol–water partition coefficient (Wildman–Crippen LogP) is 4.94. The quantitative estimate of drug-likeness (QED) is 0.372. The van der Waals surface area contributed by atoms with E-state index in [1.165, 1.54) is 10.8 Å². The Hall–Kier alpha value is -3.33. The van der Waals surface area contributed by atoms with Crippen molar-refractivity contribution in [2.75, 3.05) is 0 Å². The van der Waals surface area contributed by atoms with Gasteiger partial charge in [0.2, 0.25) is 0 Å². The van der Waals surface area contributed by atoms with E-state index in [-0.39, 0.29) is 5.63 Å². The summed E-state index contributed by atoms with van der Waals surface area (Å²) in [5.74, 6) is 0. The maximum Gasteiger partial charge on any atom is 0.346 e. The van der Waals surface area contributed by atoms with E-state index in [1.807, 2.05) is 42.5 Å². The molecule has 0 N–H and O–H groups in total. The van der Waals surface area contributed by atoms with Crippen molar-refractivity contribution in [3.05, 3.63) is 77.2 Å². The molecule has 0 aliphatic carbocycles. The van der Waals surface area contributed by atoms with Crippen molar-refractivity contribution in [3.63, 3.8) is 0 Å². The molecule has 3 nitrogen and oxygen atoms in total. The summed E-state index contributed by atoms with van der Waals surface area (Å²) in [6.45, 7) is 0. The van der Waals surface area contributed by atoms with Gasteiger partial charge in [-0.15, -0.1) is 0 Å². The number of fused-ring (bicyclic) bond motifs is 8. The Balaban J connectivity index is 2.15. The van der Waals surface area contributed by atoms with Gasteiger partial charge in [-0.3, -0.25) is 0 Å². The molecular formula is C21H11NO2. The lowest BCUT2D eigenvalue weighted by Gasteiger charge is -1.99. The monoisotopic (exact) mass is 309 g/mol. The highest BCUT2D eigenvalue weighted by Crippen LogP contribution is 2.40. The molecule has 0 spiro atoms. The van der Waals surface area contributed by atoms with Crippen LogP contribution in [0.5, 0.6) is 0 Å². The van der Waals surface area contributed by atoms with Gasteiger partial charge in [-0.05, 0) is 18.2 Å². The normalized spacial score (nSPS) is 12.3. The van der Waals surface area contributed by atoms with E-state index in [0.29, 0.717) is 11.0 Å². The summed E-state index contributed by atoms with van der Waals surface area (Å²) >= 11 is 0. The molecular weight excluding hydrogens is 298 g/mol. The zero-order chi connectivity index (χ0) is 15.8. The van der Waals surface area contributed by atoms with Crippen molar-refractivity contribution >= 4 is 49.1 Å². The summed E-state index contributed by atoms with van der Waals surface area (Å²) in [4.78, 5) is 12.7. The van der Waals surface area contributed by atoms with Crippen molar-refractivity contribution < 1.29 is 4.42 Å². The molecule has 4 heterocycles. The van der Waals surface area contributed by atoms with Gasteiger partial charge in [0.15, 0.2) is 0 Å². The van der Waals surface area contributed by atoms with Crippen LogP contribution in [0.4, 0.5) is 0 Å². The molecule has 3 heteroatoms. The highest BCUT2D eigenvalue weighted by Gasteiger charge is 2.21. The third kappa shape index (κ3) is 1.24. The van der Waals surface area contributed by atoms with Crippen LogP contribution in [-0.4, -0.2) is 4.40 Å². The average molecular weight is 309 g/mol. The summed E-state index contributed by atoms with van der Waals surface area (Å²) in [5.41, 5.74) is 3.48. The molecule has 6 aromatic rings. The largest absolute Gasteiger partial charge is 0.422 e. The number of benzene rings is 2. The van der Waals surface area contributed by atoms with Crippen LogP contribution in [0.25, 0.3) is 49.1 Å². The molecule has 0 fully saturated rings. The number of rotatable bonds is 0. The lowest BCUT2D eigenvalue weighted by Crippen LogP contribution is -1.98. The standard InChI is InChI=1S/C21H11NO2/c23-21-19-16-10-5-9-15-12-6-1-2-7-13(12)20(22(15)16)18(19)14-8-3-4-11-17(14)24-21/h1-11H. The number of hydrogen-bond acceptors (Lipinski definition) is 2. The molecule has 4 aromatic heterocycles. The van der Waals surface area contributed by atoms with E-state index >= 15 is 0 Å². The van der Waals surface area contributed by atoms with Gasteiger partial charge in [0.05, 0.1) is 21.9 Å². The van der Waals surface area contributed by atoms with Gasteiger partial charge in [0, 0.05) is 21.5 Å². The average Bonchev–Trinajstić information content (AvgIpc) is 3.14. The zero-order valence-electron chi connectivity index (χ0n) is 12.6. The van der Waals surface area contributed by atoms with Crippen LogP contribution in [0, 0.1) is 0 Å². The number of hydrogen-bond donors (Lipinski definition) is 0. The summed E-state index contributed by atoms with van der Waals surface area (Å²) in [6.07, 6.45) is 0. The molecule has 2 aromatic carbocycles. The van der Waals surface area contributed by atoms with Crippen LogP contribution in [0.2, 0.25) is 0 Å². The van der Waals surface area contributed by atoms with Crippen molar-refractivity contribution in [2.45, 2.75) is 0 Å². The number of pyridine rings is 1. The first kappa shape index (κ1) is 12.1. The Bertz CT molecular complexity index is 1470. The van der Waals surface area contributed by atoms with Gasteiger partial charge in [-0.2, -0.15) is 0 Å². The number of nitrogens with zero attached hydrogens (tertiary/aromatic N) is 1. The molecule has 0 aliphatic heterocycles. The number of para-hydroxylation sites is 1. The van der Waals surface area contributed by atoms with Gasteiger partial charge in [0.1, 0.15) is 5.58 Å². The molecule has 0 bridgehead atoms. The van der Waals surface area contributed by atoms with Crippen LogP contribution in [-0.2, 0) is 0 Å². The number of aromatic nitrogens is 1. The van der Waals surface area contributed by atoms with Crippen LogP contribution in [0.1, 0.15) is 0 Å². The van der Waals surface area contributed by atoms with Crippen LogP contribution < -0.4 is 5.63 Å². The minimum Gasteiger partial charge on any atom is -0.422 e. The minimum atomic E-state index is -0.274. The van der Waals surface area contributed by atoms with Crippen molar-refractivity contribution in [1.82, 2.24) is 4.40 Å². The SMILES string of the molecule is O=c1oc2ccccc2c2c1c1cccc3c4ccccc4c2n31. The lowest BCUT2D eigenvalue weighted by atomic mass is 10.1. The fourth-order valence-electron chi connectivity index (χ4n) is 4.06. The van der Waals surface area contributed by atoms with Gasteiger partial charge >= 0.3 is 5.63 Å². The van der Waals surface area contributed by atoms with Crippen molar-refractivity contribution in [2.24, 2.45) is 0 Å². The highest BCUT2D eigenvalue weighted by atomic mass is 16.4. The van der Waals surface area contributed by atoms with Crippen molar-refractivity contribution in [3.8, 4) is 0 Å². The highest BCUT2D eigenvalue weighted by molar-refractivity contribution is 6.28. The Kier molecular flexibility index (Phi) is 2.00. The smallest absolute Gasteiger partial charge is 0.346 e.